The lowest BCUT2D eigenvalue weighted by Gasteiger charge is -2.22. The van der Waals surface area contributed by atoms with Crippen LogP contribution in [0.15, 0.2) is 24.3 Å². The first-order chi connectivity index (χ1) is 9.34. The highest BCUT2D eigenvalue weighted by atomic mass is 32.2. The monoisotopic (exact) mass is 297 g/mol. The number of carbonyl (C=O) groups excluding carboxylic acids is 1. The van der Waals surface area contributed by atoms with E-state index in [-0.39, 0.29) is 18.6 Å². The molecule has 1 rings (SSSR count). The van der Waals surface area contributed by atoms with Crippen molar-refractivity contribution in [1.82, 2.24) is 5.32 Å². The van der Waals surface area contributed by atoms with E-state index in [9.17, 15) is 9.90 Å². The SMILES string of the molecule is CSCC(C)(O)CNC(=O)c1ccc(OC(C)C)cc1. The summed E-state index contributed by atoms with van der Waals surface area (Å²) in [7, 11) is 0. The van der Waals surface area contributed by atoms with Crippen LogP contribution in [-0.2, 0) is 0 Å². The van der Waals surface area contributed by atoms with Gasteiger partial charge in [-0.25, -0.2) is 0 Å². The highest BCUT2D eigenvalue weighted by molar-refractivity contribution is 7.98. The minimum absolute atomic E-state index is 0.108. The van der Waals surface area contributed by atoms with Gasteiger partial charge in [-0.2, -0.15) is 11.8 Å². The predicted octanol–water partition coefficient (Wildman–Crippen LogP) is 2.32. The molecule has 5 heteroatoms. The maximum absolute atomic E-state index is 12.0. The molecule has 1 atom stereocenters. The standard InChI is InChI=1S/C15H23NO3S/c1-11(2)19-13-7-5-12(6-8-13)14(17)16-9-15(3,18)10-20-4/h5-8,11,18H,9-10H2,1-4H3,(H,16,17). The van der Waals surface area contributed by atoms with E-state index in [1.807, 2.05) is 20.1 Å². The molecule has 0 aromatic heterocycles. The smallest absolute Gasteiger partial charge is 0.251 e. The summed E-state index contributed by atoms with van der Waals surface area (Å²) in [6, 6.07) is 6.98. The Bertz CT molecular complexity index is 429. The van der Waals surface area contributed by atoms with Crippen LogP contribution in [0.1, 0.15) is 31.1 Å². The molecule has 0 aliphatic heterocycles. The summed E-state index contributed by atoms with van der Waals surface area (Å²) in [5.74, 6) is 1.13. The van der Waals surface area contributed by atoms with Gasteiger partial charge < -0.3 is 15.2 Å². The molecule has 112 valence electrons. The van der Waals surface area contributed by atoms with Crippen molar-refractivity contribution >= 4 is 17.7 Å². The van der Waals surface area contributed by atoms with E-state index in [0.29, 0.717) is 11.3 Å². The van der Waals surface area contributed by atoms with Crippen LogP contribution in [0.25, 0.3) is 0 Å². The number of benzene rings is 1. The Labute approximate surface area is 124 Å². The van der Waals surface area contributed by atoms with Gasteiger partial charge in [-0.1, -0.05) is 0 Å². The van der Waals surface area contributed by atoms with Crippen molar-refractivity contribution in [2.75, 3.05) is 18.6 Å². The first-order valence-corrected chi connectivity index (χ1v) is 8.00. The number of carbonyl (C=O) groups is 1. The molecule has 1 aromatic carbocycles. The first-order valence-electron chi connectivity index (χ1n) is 6.60. The molecular weight excluding hydrogens is 274 g/mol. The summed E-state index contributed by atoms with van der Waals surface area (Å²) in [5.41, 5.74) is -0.337. The summed E-state index contributed by atoms with van der Waals surface area (Å²) < 4.78 is 5.52. The second-order valence-corrected chi connectivity index (χ2v) is 6.17. The van der Waals surface area contributed by atoms with Gasteiger partial charge >= 0.3 is 0 Å². The zero-order valence-electron chi connectivity index (χ0n) is 12.5. The molecule has 0 spiro atoms. The molecule has 0 saturated carbocycles. The predicted molar refractivity (Wildman–Crippen MR) is 83.5 cm³/mol. The molecule has 2 N–H and O–H groups in total. The maximum Gasteiger partial charge on any atom is 0.251 e. The van der Waals surface area contributed by atoms with Gasteiger partial charge in [0, 0.05) is 17.9 Å². The zero-order valence-corrected chi connectivity index (χ0v) is 13.3. The van der Waals surface area contributed by atoms with Crippen molar-refractivity contribution in [1.29, 1.82) is 0 Å². The summed E-state index contributed by atoms with van der Waals surface area (Å²) >= 11 is 1.55. The molecule has 0 aliphatic carbocycles. The molecular formula is C15H23NO3S. The molecule has 0 bridgehead atoms. The van der Waals surface area contributed by atoms with Gasteiger partial charge in [0.15, 0.2) is 0 Å². The van der Waals surface area contributed by atoms with Crippen molar-refractivity contribution in [2.24, 2.45) is 0 Å². The fourth-order valence-electron chi connectivity index (χ4n) is 1.69. The number of ether oxygens (including phenoxy) is 1. The average Bonchev–Trinajstić information content (AvgIpc) is 2.36. The van der Waals surface area contributed by atoms with Crippen LogP contribution in [0.2, 0.25) is 0 Å². The van der Waals surface area contributed by atoms with Crippen LogP contribution in [-0.4, -0.2) is 41.3 Å². The minimum Gasteiger partial charge on any atom is -0.491 e. The Morgan fingerprint density at radius 2 is 2.00 bits per heavy atom. The van der Waals surface area contributed by atoms with Crippen LogP contribution in [0.3, 0.4) is 0 Å². The third-order valence-electron chi connectivity index (χ3n) is 2.57. The molecule has 1 aromatic rings. The van der Waals surface area contributed by atoms with Crippen molar-refractivity contribution < 1.29 is 14.6 Å². The molecule has 0 heterocycles. The van der Waals surface area contributed by atoms with Gasteiger partial charge in [0.05, 0.1) is 11.7 Å². The van der Waals surface area contributed by atoms with Gasteiger partial charge in [0.1, 0.15) is 5.75 Å². The molecule has 0 fully saturated rings. The fraction of sp³-hybridized carbons (Fsp3) is 0.533. The number of aliphatic hydroxyl groups is 1. The van der Waals surface area contributed by atoms with Gasteiger partial charge in [0.2, 0.25) is 0 Å². The summed E-state index contributed by atoms with van der Waals surface area (Å²) in [6.07, 6.45) is 2.03. The molecule has 0 saturated heterocycles. The van der Waals surface area contributed by atoms with Crippen LogP contribution in [0.5, 0.6) is 5.75 Å². The molecule has 1 unspecified atom stereocenters. The Morgan fingerprint density at radius 3 is 2.50 bits per heavy atom. The first kappa shape index (κ1) is 16.9. The quantitative estimate of drug-likeness (QED) is 0.811. The van der Waals surface area contributed by atoms with Gasteiger partial charge in [-0.3, -0.25) is 4.79 Å². The van der Waals surface area contributed by atoms with E-state index in [1.165, 1.54) is 0 Å². The summed E-state index contributed by atoms with van der Waals surface area (Å²) in [4.78, 5) is 12.0. The number of amides is 1. The van der Waals surface area contributed by atoms with Crippen LogP contribution < -0.4 is 10.1 Å². The van der Waals surface area contributed by atoms with Gasteiger partial charge in [0.25, 0.3) is 5.91 Å². The second-order valence-electron chi connectivity index (χ2n) is 5.30. The van der Waals surface area contributed by atoms with E-state index in [1.54, 1.807) is 43.0 Å². The lowest BCUT2D eigenvalue weighted by atomic mass is 10.1. The second kappa shape index (κ2) is 7.55. The van der Waals surface area contributed by atoms with Crippen molar-refractivity contribution in [2.45, 2.75) is 32.5 Å². The van der Waals surface area contributed by atoms with E-state index in [4.69, 9.17) is 4.74 Å². The Hall–Kier alpha value is -1.20. The lowest BCUT2D eigenvalue weighted by Crippen LogP contribution is -2.42. The number of hydrogen-bond donors (Lipinski definition) is 2. The topological polar surface area (TPSA) is 58.6 Å². The van der Waals surface area contributed by atoms with Crippen LogP contribution >= 0.6 is 11.8 Å². The molecule has 4 nitrogen and oxygen atoms in total. The third-order valence-corrected chi connectivity index (χ3v) is 3.48. The Morgan fingerprint density at radius 1 is 1.40 bits per heavy atom. The van der Waals surface area contributed by atoms with E-state index >= 15 is 0 Å². The van der Waals surface area contributed by atoms with Crippen LogP contribution in [0.4, 0.5) is 0 Å². The van der Waals surface area contributed by atoms with Crippen molar-refractivity contribution in [3.8, 4) is 5.75 Å². The number of rotatable bonds is 7. The summed E-state index contributed by atoms with van der Waals surface area (Å²) in [5, 5.41) is 12.7. The Kier molecular flexibility index (Phi) is 6.36. The largest absolute Gasteiger partial charge is 0.491 e. The highest BCUT2D eigenvalue weighted by Gasteiger charge is 2.20. The normalized spacial score (nSPS) is 13.9. The molecule has 0 radical (unpaired) electrons. The number of hydrogen-bond acceptors (Lipinski definition) is 4. The van der Waals surface area contributed by atoms with E-state index < -0.39 is 5.60 Å². The highest BCUT2D eigenvalue weighted by Crippen LogP contribution is 2.14. The Balaban J connectivity index is 2.55. The number of nitrogens with one attached hydrogen (secondary N) is 1. The van der Waals surface area contributed by atoms with Crippen LogP contribution in [0, 0.1) is 0 Å². The third kappa shape index (κ3) is 5.84. The van der Waals surface area contributed by atoms with Gasteiger partial charge in [-0.05, 0) is 51.3 Å². The van der Waals surface area contributed by atoms with E-state index in [2.05, 4.69) is 5.32 Å². The molecule has 20 heavy (non-hydrogen) atoms. The average molecular weight is 297 g/mol. The maximum atomic E-state index is 12.0. The minimum atomic E-state index is -0.893. The zero-order chi connectivity index (χ0) is 15.2. The number of thioether (sulfide) groups is 1. The molecule has 1 amide bonds. The fourth-order valence-corrected chi connectivity index (χ4v) is 2.42. The van der Waals surface area contributed by atoms with E-state index in [0.717, 1.165) is 5.75 Å². The summed E-state index contributed by atoms with van der Waals surface area (Å²) in [6.45, 7) is 5.85. The van der Waals surface area contributed by atoms with Crippen molar-refractivity contribution in [3.63, 3.8) is 0 Å². The molecule has 0 aliphatic rings. The van der Waals surface area contributed by atoms with Crippen molar-refractivity contribution in [3.05, 3.63) is 29.8 Å². The van der Waals surface area contributed by atoms with Gasteiger partial charge in [-0.15, -0.1) is 0 Å². The lowest BCUT2D eigenvalue weighted by molar-refractivity contribution is 0.0725.